The van der Waals surface area contributed by atoms with Gasteiger partial charge in [0, 0.05) is 0 Å². The zero-order chi connectivity index (χ0) is 0. The van der Waals surface area contributed by atoms with Crippen LogP contribution in [0.5, 0.6) is 0 Å². The van der Waals surface area contributed by atoms with E-state index in [1.54, 1.807) is 0 Å². The van der Waals surface area contributed by atoms with Gasteiger partial charge in [0.05, 0.1) is 0 Å². The van der Waals surface area contributed by atoms with Crippen molar-refractivity contribution < 1.29 is 140 Å². The molecule has 0 aromatic carbocycles. The smallest absolute Gasteiger partial charge is 1.00 e. The number of hydrogen-bond acceptors (Lipinski definition) is 0. The van der Waals surface area contributed by atoms with E-state index in [1.165, 1.54) is 0 Å². The molecule has 0 aliphatic heterocycles. The molecule has 24 valence electrons. The van der Waals surface area contributed by atoms with Crippen molar-refractivity contribution in [3.05, 3.63) is 0 Å². The summed E-state index contributed by atoms with van der Waals surface area (Å²) in [6, 6.07) is 0. The molecule has 0 rings (SSSR count). The van der Waals surface area contributed by atoms with Crippen LogP contribution in [0.3, 0.4) is 0 Å². The van der Waals surface area contributed by atoms with Crippen LogP contribution >= 0.6 is 0 Å². The van der Waals surface area contributed by atoms with Crippen molar-refractivity contribution in [3.8, 4) is 0 Å². The summed E-state index contributed by atoms with van der Waals surface area (Å²) < 4.78 is 0. The SMILES string of the molecule is [Cl-].[Cl-].[F-].[K+].[Na+].[Na+]. The molecule has 0 atom stereocenters. The zero-order valence-corrected chi connectivity index (χ0v) is 12.8. The summed E-state index contributed by atoms with van der Waals surface area (Å²) in [5.74, 6) is 0. The molecule has 0 fully saturated rings. The molecule has 0 nitrogen and oxygen atoms in total. The molecule has 0 bridgehead atoms. The van der Waals surface area contributed by atoms with E-state index in [4.69, 9.17) is 0 Å². The van der Waals surface area contributed by atoms with E-state index < -0.39 is 0 Å². The number of hydrogen-bond donors (Lipinski definition) is 0. The fourth-order valence-electron chi connectivity index (χ4n) is 0. The molecule has 0 aliphatic rings. The van der Waals surface area contributed by atoms with E-state index in [2.05, 4.69) is 0 Å². The van der Waals surface area contributed by atoms with Crippen LogP contribution in [0.4, 0.5) is 0 Å². The Morgan fingerprint density at radius 2 is 0.667 bits per heavy atom. The van der Waals surface area contributed by atoms with Crippen molar-refractivity contribution >= 4 is 0 Å². The molecular formula is Cl2FKNa2. The monoisotopic (exact) mass is 174 g/mol. The second-order valence-corrected chi connectivity index (χ2v) is 0. The Kier molecular flexibility index (Phi) is 291. The minimum absolute atomic E-state index is 0. The first-order chi connectivity index (χ1) is 0. The van der Waals surface area contributed by atoms with Crippen molar-refractivity contribution in [1.29, 1.82) is 0 Å². The van der Waals surface area contributed by atoms with Gasteiger partial charge in [-0.25, -0.2) is 0 Å². The number of rotatable bonds is 0. The van der Waals surface area contributed by atoms with Gasteiger partial charge < -0.3 is 29.5 Å². The Bertz CT molecular complexity index is 11.5. The van der Waals surface area contributed by atoms with Crippen molar-refractivity contribution in [3.63, 3.8) is 0 Å². The summed E-state index contributed by atoms with van der Waals surface area (Å²) in [7, 11) is 0. The molecule has 0 N–H and O–H groups in total. The summed E-state index contributed by atoms with van der Waals surface area (Å²) in [5, 5.41) is 0. The minimum atomic E-state index is 0. The largest absolute Gasteiger partial charge is 1.00 e. The molecule has 0 unspecified atom stereocenters. The quantitative estimate of drug-likeness (QED) is 0.321. The van der Waals surface area contributed by atoms with Gasteiger partial charge >= 0.3 is 110 Å². The fraction of sp³-hybridized carbons (Fsp3) is 0. The van der Waals surface area contributed by atoms with E-state index in [-0.39, 0.29) is 140 Å². The summed E-state index contributed by atoms with van der Waals surface area (Å²) in [6.07, 6.45) is 0. The van der Waals surface area contributed by atoms with Crippen LogP contribution in [-0.4, -0.2) is 0 Å². The molecular weight excluding hydrogens is 175 g/mol. The summed E-state index contributed by atoms with van der Waals surface area (Å²) in [4.78, 5) is 0. The third kappa shape index (κ3) is 24.2. The van der Waals surface area contributed by atoms with E-state index in [9.17, 15) is 0 Å². The van der Waals surface area contributed by atoms with Gasteiger partial charge in [0.25, 0.3) is 0 Å². The molecule has 0 radical (unpaired) electrons. The average Bonchev–Trinajstić information content (AvgIpc) is 0. The second kappa shape index (κ2) is 35.3. The Morgan fingerprint density at radius 3 is 0.667 bits per heavy atom. The Balaban J connectivity index is 0. The standard InChI is InChI=1S/2ClH.FH.K.2Na/h3*1H;;;/q;;;3*+1/p-3. The Labute approximate surface area is 136 Å². The normalized spacial score (nSPS) is 0. The molecule has 6 heteroatoms. The average molecular weight is 175 g/mol. The molecule has 0 saturated carbocycles. The van der Waals surface area contributed by atoms with E-state index in [1.807, 2.05) is 0 Å². The molecule has 0 amide bonds. The van der Waals surface area contributed by atoms with Crippen LogP contribution in [0.15, 0.2) is 0 Å². The first-order valence-corrected chi connectivity index (χ1v) is 0. The van der Waals surface area contributed by atoms with Crippen molar-refractivity contribution in [1.82, 2.24) is 0 Å². The van der Waals surface area contributed by atoms with Gasteiger partial charge in [-0.15, -0.1) is 0 Å². The van der Waals surface area contributed by atoms with Crippen molar-refractivity contribution in [2.75, 3.05) is 0 Å². The van der Waals surface area contributed by atoms with Gasteiger partial charge in [-0.2, -0.15) is 0 Å². The molecule has 0 spiro atoms. The Morgan fingerprint density at radius 1 is 0.667 bits per heavy atom. The van der Waals surface area contributed by atoms with E-state index in [0.717, 1.165) is 0 Å². The maximum absolute atomic E-state index is 0. The molecule has 6 heavy (non-hydrogen) atoms. The second-order valence-electron chi connectivity index (χ2n) is 0. The Hall–Kier alpha value is 4.15. The van der Waals surface area contributed by atoms with Gasteiger partial charge in [0.1, 0.15) is 0 Å². The first kappa shape index (κ1) is 49.4. The predicted molar refractivity (Wildman–Crippen MR) is 0 cm³/mol. The van der Waals surface area contributed by atoms with Gasteiger partial charge in [0.15, 0.2) is 0 Å². The van der Waals surface area contributed by atoms with Crippen molar-refractivity contribution in [2.45, 2.75) is 0 Å². The third-order valence-corrected chi connectivity index (χ3v) is 0. The summed E-state index contributed by atoms with van der Waals surface area (Å²) in [5.41, 5.74) is 0. The number of halogens is 3. The van der Waals surface area contributed by atoms with Crippen LogP contribution in [0.25, 0.3) is 0 Å². The van der Waals surface area contributed by atoms with E-state index in [0.29, 0.717) is 0 Å². The predicted octanol–water partition coefficient (Wildman–Crippen LogP) is -18.0. The van der Waals surface area contributed by atoms with Gasteiger partial charge in [-0.1, -0.05) is 0 Å². The van der Waals surface area contributed by atoms with E-state index >= 15 is 0 Å². The molecule has 0 aromatic rings. The third-order valence-electron chi connectivity index (χ3n) is 0. The summed E-state index contributed by atoms with van der Waals surface area (Å²) in [6.45, 7) is 0. The van der Waals surface area contributed by atoms with Crippen LogP contribution in [-0.2, 0) is 0 Å². The van der Waals surface area contributed by atoms with Crippen molar-refractivity contribution in [2.24, 2.45) is 0 Å². The molecule has 0 aromatic heterocycles. The van der Waals surface area contributed by atoms with Crippen LogP contribution in [0.1, 0.15) is 0 Å². The first-order valence-electron chi connectivity index (χ1n) is 0. The molecule has 0 heterocycles. The van der Waals surface area contributed by atoms with Crippen LogP contribution in [0, 0.1) is 0 Å². The van der Waals surface area contributed by atoms with Crippen LogP contribution in [0.2, 0.25) is 0 Å². The van der Waals surface area contributed by atoms with Gasteiger partial charge in [-0.3, -0.25) is 0 Å². The van der Waals surface area contributed by atoms with Gasteiger partial charge in [0.2, 0.25) is 0 Å². The molecule has 0 saturated heterocycles. The summed E-state index contributed by atoms with van der Waals surface area (Å²) >= 11 is 0. The topological polar surface area (TPSA) is 0 Å². The molecule has 0 aliphatic carbocycles. The van der Waals surface area contributed by atoms with Crippen LogP contribution < -0.4 is 140 Å². The maximum Gasteiger partial charge on any atom is 1.00 e. The zero-order valence-electron chi connectivity index (χ0n) is 4.13. The fourth-order valence-corrected chi connectivity index (χ4v) is 0. The minimum Gasteiger partial charge on any atom is -1.00 e. The van der Waals surface area contributed by atoms with Gasteiger partial charge in [-0.05, 0) is 0 Å². The maximum atomic E-state index is 0.